The molecule has 29 heavy (non-hydrogen) atoms. The fraction of sp³-hybridized carbons (Fsp3) is 0.636. The summed E-state index contributed by atoms with van der Waals surface area (Å²) in [6.07, 6.45) is 0. The highest BCUT2D eigenvalue weighted by atomic mass is 19.1. The van der Waals surface area contributed by atoms with Gasteiger partial charge in [0.25, 0.3) is 5.91 Å². The van der Waals surface area contributed by atoms with Crippen molar-refractivity contribution in [3.05, 3.63) is 35.1 Å². The lowest BCUT2D eigenvalue weighted by Gasteiger charge is -2.37. The molecule has 2 fully saturated rings. The van der Waals surface area contributed by atoms with Crippen molar-refractivity contribution in [2.45, 2.75) is 27.7 Å². The Kier molecular flexibility index (Phi) is 9.04. The number of piperazine rings is 2. The van der Waals surface area contributed by atoms with E-state index in [1.54, 1.807) is 24.0 Å². The topological polar surface area (TPSA) is 47.1 Å². The summed E-state index contributed by atoms with van der Waals surface area (Å²) in [7, 11) is 0. The van der Waals surface area contributed by atoms with E-state index >= 15 is 0 Å². The normalized spacial score (nSPS) is 18.2. The van der Waals surface area contributed by atoms with E-state index in [4.69, 9.17) is 0 Å². The summed E-state index contributed by atoms with van der Waals surface area (Å²) in [6, 6.07) is 4.91. The maximum absolute atomic E-state index is 14.2. The predicted molar refractivity (Wildman–Crippen MR) is 114 cm³/mol. The minimum Gasteiger partial charge on any atom is -0.339 e. The first-order chi connectivity index (χ1) is 14.0. The summed E-state index contributed by atoms with van der Waals surface area (Å²) in [5, 5.41) is 0. The van der Waals surface area contributed by atoms with Gasteiger partial charge in [-0.15, -0.1) is 0 Å². The quantitative estimate of drug-likeness (QED) is 0.768. The lowest BCUT2D eigenvalue weighted by atomic mass is 10.1. The van der Waals surface area contributed by atoms with Gasteiger partial charge in [0.05, 0.1) is 12.1 Å². The number of carbonyl (C=O) groups is 2. The molecule has 0 aromatic heterocycles. The second-order valence-corrected chi connectivity index (χ2v) is 7.32. The number of nitrogens with zero attached hydrogens (tertiary/aromatic N) is 4. The van der Waals surface area contributed by atoms with Crippen molar-refractivity contribution < 1.29 is 14.0 Å². The van der Waals surface area contributed by atoms with Gasteiger partial charge in [0, 0.05) is 52.4 Å². The summed E-state index contributed by atoms with van der Waals surface area (Å²) in [5.74, 6) is -0.542. The Bertz CT molecular complexity index is 681. The molecule has 0 spiro atoms. The van der Waals surface area contributed by atoms with E-state index in [2.05, 4.69) is 16.7 Å². The Balaban J connectivity index is 0.00000145. The second kappa shape index (κ2) is 11.3. The highest BCUT2D eigenvalue weighted by molar-refractivity contribution is 5.94. The van der Waals surface area contributed by atoms with Gasteiger partial charge < -0.3 is 14.7 Å². The summed E-state index contributed by atoms with van der Waals surface area (Å²) in [4.78, 5) is 33.2. The average Bonchev–Trinajstić information content (AvgIpc) is 2.77. The maximum atomic E-state index is 14.2. The zero-order valence-electron chi connectivity index (χ0n) is 18.3. The third-order valence-electron chi connectivity index (χ3n) is 5.61. The van der Waals surface area contributed by atoms with E-state index in [9.17, 15) is 14.0 Å². The fourth-order valence-electron chi connectivity index (χ4n) is 3.70. The molecule has 1 aromatic carbocycles. The number of hydrogen-bond donors (Lipinski definition) is 0. The highest BCUT2D eigenvalue weighted by Gasteiger charge is 2.27. The molecule has 6 nitrogen and oxygen atoms in total. The molecule has 0 bridgehead atoms. The monoisotopic (exact) mass is 406 g/mol. The first-order valence-corrected chi connectivity index (χ1v) is 10.8. The third-order valence-corrected chi connectivity index (χ3v) is 5.61. The Morgan fingerprint density at radius 1 is 0.897 bits per heavy atom. The van der Waals surface area contributed by atoms with Crippen LogP contribution in [0.3, 0.4) is 0 Å². The third kappa shape index (κ3) is 6.00. The molecular weight excluding hydrogens is 371 g/mol. The molecule has 0 atom stereocenters. The van der Waals surface area contributed by atoms with Gasteiger partial charge in [-0.2, -0.15) is 0 Å². The standard InChI is InChI=1S/C20H29FN4O2.C2H6/c1-3-22-7-11-24(12-8-22)18(26)15-23-9-13-25(14-10-23)20(27)17-6-4-5-16(2)19(17)21;1-2/h4-6H,3,7-15H2,1-2H3;1-2H3. The Morgan fingerprint density at radius 3 is 2.03 bits per heavy atom. The van der Waals surface area contributed by atoms with E-state index in [0.29, 0.717) is 38.3 Å². The first kappa shape index (κ1) is 23.3. The van der Waals surface area contributed by atoms with Gasteiger partial charge in [-0.1, -0.05) is 32.9 Å². The number of halogens is 1. The second-order valence-electron chi connectivity index (χ2n) is 7.32. The van der Waals surface area contributed by atoms with Crippen molar-refractivity contribution in [1.29, 1.82) is 0 Å². The number of amides is 2. The van der Waals surface area contributed by atoms with Gasteiger partial charge in [-0.05, 0) is 25.1 Å². The van der Waals surface area contributed by atoms with Crippen LogP contribution in [-0.2, 0) is 4.79 Å². The molecule has 7 heteroatoms. The largest absolute Gasteiger partial charge is 0.339 e. The van der Waals surface area contributed by atoms with Gasteiger partial charge in [0.2, 0.25) is 5.91 Å². The van der Waals surface area contributed by atoms with E-state index in [1.165, 1.54) is 6.07 Å². The van der Waals surface area contributed by atoms with Crippen LogP contribution in [0.4, 0.5) is 4.39 Å². The number of rotatable bonds is 4. The van der Waals surface area contributed by atoms with Gasteiger partial charge in [0.1, 0.15) is 5.82 Å². The van der Waals surface area contributed by atoms with E-state index in [0.717, 1.165) is 32.7 Å². The molecule has 0 radical (unpaired) electrons. The van der Waals surface area contributed by atoms with E-state index in [-0.39, 0.29) is 17.4 Å². The predicted octanol–water partition coefficient (Wildman–Crippen LogP) is 2.08. The molecule has 0 saturated carbocycles. The molecule has 0 unspecified atom stereocenters. The van der Waals surface area contributed by atoms with Crippen molar-refractivity contribution in [3.8, 4) is 0 Å². The molecular formula is C22H35FN4O2. The molecule has 3 rings (SSSR count). The van der Waals surface area contributed by atoms with E-state index < -0.39 is 5.82 Å². The number of hydrogen-bond acceptors (Lipinski definition) is 4. The van der Waals surface area contributed by atoms with Crippen LogP contribution in [0.15, 0.2) is 18.2 Å². The van der Waals surface area contributed by atoms with Crippen LogP contribution in [0.2, 0.25) is 0 Å². The lowest BCUT2D eigenvalue weighted by Crippen LogP contribution is -2.54. The smallest absolute Gasteiger partial charge is 0.256 e. The molecule has 162 valence electrons. The van der Waals surface area contributed by atoms with Crippen molar-refractivity contribution >= 4 is 11.8 Å². The molecule has 2 saturated heterocycles. The van der Waals surface area contributed by atoms with Crippen LogP contribution in [-0.4, -0.2) is 96.9 Å². The summed E-state index contributed by atoms with van der Waals surface area (Å²) in [6.45, 7) is 15.0. The molecule has 2 heterocycles. The molecule has 2 aliphatic rings. The summed E-state index contributed by atoms with van der Waals surface area (Å²) >= 11 is 0. The summed E-state index contributed by atoms with van der Waals surface area (Å²) < 4.78 is 14.2. The van der Waals surface area contributed by atoms with Crippen LogP contribution < -0.4 is 0 Å². The van der Waals surface area contributed by atoms with E-state index in [1.807, 2.05) is 18.7 Å². The first-order valence-electron chi connectivity index (χ1n) is 10.8. The molecule has 2 aliphatic heterocycles. The zero-order valence-corrected chi connectivity index (χ0v) is 18.3. The Hall–Kier alpha value is -1.99. The number of benzene rings is 1. The minimum absolute atomic E-state index is 0.133. The van der Waals surface area contributed by atoms with Crippen molar-refractivity contribution in [2.75, 3.05) is 65.4 Å². The van der Waals surface area contributed by atoms with Crippen LogP contribution in [0, 0.1) is 12.7 Å². The number of likely N-dealkylation sites (N-methyl/N-ethyl adjacent to an activating group) is 1. The van der Waals surface area contributed by atoms with Gasteiger partial charge >= 0.3 is 0 Å². The lowest BCUT2D eigenvalue weighted by molar-refractivity contribution is -0.134. The van der Waals surface area contributed by atoms with Gasteiger partial charge in [-0.25, -0.2) is 4.39 Å². The number of carbonyl (C=O) groups excluding carboxylic acids is 2. The average molecular weight is 407 g/mol. The van der Waals surface area contributed by atoms with Crippen LogP contribution >= 0.6 is 0 Å². The minimum atomic E-state index is -0.439. The van der Waals surface area contributed by atoms with Crippen LogP contribution in [0.5, 0.6) is 0 Å². The summed E-state index contributed by atoms with van der Waals surface area (Å²) in [5.41, 5.74) is 0.613. The van der Waals surface area contributed by atoms with Crippen LogP contribution in [0.1, 0.15) is 36.7 Å². The SMILES string of the molecule is CC.CCN1CCN(C(=O)CN2CCN(C(=O)c3cccc(C)c3F)CC2)CC1. The van der Waals surface area contributed by atoms with Crippen LogP contribution in [0.25, 0.3) is 0 Å². The Labute approximate surface area is 174 Å². The Morgan fingerprint density at radius 2 is 1.45 bits per heavy atom. The maximum Gasteiger partial charge on any atom is 0.256 e. The van der Waals surface area contributed by atoms with Gasteiger partial charge in [-0.3, -0.25) is 14.5 Å². The highest BCUT2D eigenvalue weighted by Crippen LogP contribution is 2.16. The molecule has 0 N–H and O–H groups in total. The molecule has 0 aliphatic carbocycles. The fourth-order valence-corrected chi connectivity index (χ4v) is 3.70. The van der Waals surface area contributed by atoms with Crippen molar-refractivity contribution in [2.24, 2.45) is 0 Å². The molecule has 1 aromatic rings. The number of aryl methyl sites for hydroxylation is 1. The van der Waals surface area contributed by atoms with Crippen molar-refractivity contribution in [3.63, 3.8) is 0 Å². The zero-order chi connectivity index (χ0) is 21.4. The van der Waals surface area contributed by atoms with Crippen molar-refractivity contribution in [1.82, 2.24) is 19.6 Å². The van der Waals surface area contributed by atoms with Gasteiger partial charge in [0.15, 0.2) is 0 Å². The molecule has 2 amide bonds.